The van der Waals surface area contributed by atoms with Gasteiger partial charge in [0.1, 0.15) is 0 Å². The Morgan fingerprint density at radius 3 is 2.31 bits per heavy atom. The smallest absolute Gasteiger partial charge is 0.380 e. The van der Waals surface area contributed by atoms with Gasteiger partial charge in [-0.3, -0.25) is 0 Å². The molecule has 1 aliphatic rings. The van der Waals surface area contributed by atoms with Crippen LogP contribution in [0.5, 0.6) is 0 Å². The molecule has 2 atom stereocenters. The summed E-state index contributed by atoms with van der Waals surface area (Å²) in [5.41, 5.74) is 4.99. The Bertz CT molecular complexity index is 229. The molecule has 16 heavy (non-hydrogen) atoms. The number of alkyl halides is 5. The molecule has 2 unspecified atom stereocenters. The van der Waals surface area contributed by atoms with Crippen LogP contribution in [0, 0.1) is 0 Å². The monoisotopic (exact) mass is 265 g/mol. The van der Waals surface area contributed by atoms with Crippen molar-refractivity contribution in [2.75, 3.05) is 19.8 Å². The Balaban J connectivity index is 2.65. The highest BCUT2D eigenvalue weighted by atomic mass is 32.2. The third-order valence-corrected chi connectivity index (χ3v) is 3.81. The fraction of sp³-hybridized carbons (Fsp3) is 1.00. The van der Waals surface area contributed by atoms with Gasteiger partial charge in [0.05, 0.1) is 11.9 Å². The highest BCUT2D eigenvalue weighted by Crippen LogP contribution is 2.44. The van der Waals surface area contributed by atoms with Crippen molar-refractivity contribution in [2.24, 2.45) is 5.73 Å². The second-order valence-corrected chi connectivity index (χ2v) is 4.97. The molecule has 1 heterocycles. The molecule has 0 amide bonds. The Labute approximate surface area is 93.7 Å². The fourth-order valence-electron chi connectivity index (χ4n) is 1.32. The van der Waals surface area contributed by atoms with Crippen LogP contribution in [0.25, 0.3) is 0 Å². The normalized spacial score (nSPS) is 24.8. The summed E-state index contributed by atoms with van der Waals surface area (Å²) in [4.78, 5) is 0. The Morgan fingerprint density at radius 2 is 1.94 bits per heavy atom. The summed E-state index contributed by atoms with van der Waals surface area (Å²) in [6.07, 6.45) is -5.07. The molecule has 0 radical (unpaired) electrons. The molecule has 2 nitrogen and oxygen atoms in total. The van der Waals surface area contributed by atoms with Crippen molar-refractivity contribution in [3.63, 3.8) is 0 Å². The molecule has 0 aromatic carbocycles. The van der Waals surface area contributed by atoms with Gasteiger partial charge in [-0.1, -0.05) is 0 Å². The maximum Gasteiger partial charge on any atom is 0.454 e. The number of ether oxygens (including phenoxy) is 1. The first-order valence-electron chi connectivity index (χ1n) is 4.67. The molecule has 2 N–H and O–H groups in total. The second-order valence-electron chi connectivity index (χ2n) is 3.47. The van der Waals surface area contributed by atoms with E-state index in [9.17, 15) is 22.0 Å². The van der Waals surface area contributed by atoms with E-state index in [2.05, 4.69) is 0 Å². The minimum atomic E-state index is -5.55. The molecule has 0 aliphatic carbocycles. The van der Waals surface area contributed by atoms with Crippen LogP contribution in [0.2, 0.25) is 0 Å². The third kappa shape index (κ3) is 2.98. The predicted octanol–water partition coefficient (Wildman–Crippen LogP) is 2.03. The molecular formula is C8H12F5NOS. The molecule has 1 saturated heterocycles. The number of hydrogen-bond donors (Lipinski definition) is 1. The minimum Gasteiger partial charge on any atom is -0.380 e. The zero-order chi connectivity index (χ0) is 12.4. The maximum atomic E-state index is 13.0. The Kier molecular flexibility index (Phi) is 4.42. The summed E-state index contributed by atoms with van der Waals surface area (Å²) >= 11 is 0.566. The SMILES string of the molecule is NCC(SC1CCOC1)C(F)(F)C(F)(F)F. The molecular weight excluding hydrogens is 253 g/mol. The van der Waals surface area contributed by atoms with Crippen molar-refractivity contribution in [2.45, 2.75) is 29.0 Å². The first kappa shape index (κ1) is 14.0. The second kappa shape index (κ2) is 5.05. The van der Waals surface area contributed by atoms with Crippen molar-refractivity contribution in [3.8, 4) is 0 Å². The van der Waals surface area contributed by atoms with E-state index < -0.39 is 23.9 Å². The van der Waals surface area contributed by atoms with E-state index in [4.69, 9.17) is 10.5 Å². The standard InChI is InChI=1S/C8H12F5NOS/c9-7(10,8(11,12)13)6(3-14)16-5-1-2-15-4-5/h5-6H,1-4,14H2. The number of hydrogen-bond acceptors (Lipinski definition) is 3. The quantitative estimate of drug-likeness (QED) is 0.790. The van der Waals surface area contributed by atoms with Crippen LogP contribution >= 0.6 is 11.8 Å². The van der Waals surface area contributed by atoms with E-state index in [1.54, 1.807) is 0 Å². The van der Waals surface area contributed by atoms with Crippen LogP contribution in [-0.2, 0) is 4.74 Å². The summed E-state index contributed by atoms with van der Waals surface area (Å²) < 4.78 is 67.2. The molecule has 0 saturated carbocycles. The average Bonchev–Trinajstić information content (AvgIpc) is 2.64. The highest BCUT2D eigenvalue weighted by Gasteiger charge is 2.62. The van der Waals surface area contributed by atoms with E-state index in [-0.39, 0.29) is 11.9 Å². The summed E-state index contributed by atoms with van der Waals surface area (Å²) in [5, 5.41) is -2.28. The van der Waals surface area contributed by atoms with Gasteiger partial charge in [0.15, 0.2) is 0 Å². The van der Waals surface area contributed by atoms with E-state index >= 15 is 0 Å². The van der Waals surface area contributed by atoms with Crippen LogP contribution in [0.1, 0.15) is 6.42 Å². The topological polar surface area (TPSA) is 35.2 Å². The van der Waals surface area contributed by atoms with Crippen LogP contribution < -0.4 is 5.73 Å². The number of halogens is 5. The predicted molar refractivity (Wildman–Crippen MR) is 50.7 cm³/mol. The summed E-state index contributed by atoms with van der Waals surface area (Å²) in [6.45, 7) is -0.116. The largest absolute Gasteiger partial charge is 0.454 e. The van der Waals surface area contributed by atoms with E-state index in [1.165, 1.54) is 0 Å². The molecule has 0 aromatic heterocycles. The van der Waals surface area contributed by atoms with Crippen molar-refractivity contribution in [1.82, 2.24) is 0 Å². The van der Waals surface area contributed by atoms with Crippen molar-refractivity contribution >= 4 is 11.8 Å². The lowest BCUT2D eigenvalue weighted by Crippen LogP contribution is -2.49. The van der Waals surface area contributed by atoms with Crippen molar-refractivity contribution < 1.29 is 26.7 Å². The van der Waals surface area contributed by atoms with Gasteiger partial charge in [-0.25, -0.2) is 0 Å². The van der Waals surface area contributed by atoms with Crippen molar-refractivity contribution in [3.05, 3.63) is 0 Å². The van der Waals surface area contributed by atoms with Crippen LogP contribution in [-0.4, -0.2) is 42.4 Å². The molecule has 1 aliphatic heterocycles. The first-order valence-corrected chi connectivity index (χ1v) is 5.61. The van der Waals surface area contributed by atoms with Gasteiger partial charge in [-0.05, 0) is 6.42 Å². The molecule has 96 valence electrons. The van der Waals surface area contributed by atoms with Crippen LogP contribution in [0.4, 0.5) is 22.0 Å². The van der Waals surface area contributed by atoms with Gasteiger partial charge in [0, 0.05) is 18.4 Å². The lowest BCUT2D eigenvalue weighted by atomic mass is 10.2. The summed E-state index contributed by atoms with van der Waals surface area (Å²) in [5.74, 6) is -4.75. The number of nitrogens with two attached hydrogens (primary N) is 1. The van der Waals surface area contributed by atoms with Gasteiger partial charge >= 0.3 is 12.1 Å². The lowest BCUT2D eigenvalue weighted by molar-refractivity contribution is -0.280. The van der Waals surface area contributed by atoms with E-state index in [0.29, 0.717) is 24.8 Å². The van der Waals surface area contributed by atoms with Crippen LogP contribution in [0.15, 0.2) is 0 Å². The molecule has 1 rings (SSSR count). The van der Waals surface area contributed by atoms with Gasteiger partial charge in [-0.2, -0.15) is 22.0 Å². The van der Waals surface area contributed by atoms with Gasteiger partial charge < -0.3 is 10.5 Å². The zero-order valence-corrected chi connectivity index (χ0v) is 9.08. The molecule has 8 heteroatoms. The summed E-state index contributed by atoms with van der Waals surface area (Å²) in [7, 11) is 0. The van der Waals surface area contributed by atoms with E-state index in [1.807, 2.05) is 0 Å². The average molecular weight is 265 g/mol. The van der Waals surface area contributed by atoms with E-state index in [0.717, 1.165) is 0 Å². The number of rotatable bonds is 4. The highest BCUT2D eigenvalue weighted by molar-refractivity contribution is 8.00. The summed E-state index contributed by atoms with van der Waals surface area (Å²) in [6, 6.07) is 0. The zero-order valence-electron chi connectivity index (χ0n) is 8.27. The van der Waals surface area contributed by atoms with Gasteiger partial charge in [0.25, 0.3) is 0 Å². The lowest BCUT2D eigenvalue weighted by Gasteiger charge is -2.28. The van der Waals surface area contributed by atoms with Gasteiger partial charge in [-0.15, -0.1) is 11.8 Å². The fourth-order valence-corrected chi connectivity index (χ4v) is 2.61. The maximum absolute atomic E-state index is 13.0. The molecule has 1 fully saturated rings. The van der Waals surface area contributed by atoms with Gasteiger partial charge in [0.2, 0.25) is 0 Å². The minimum absolute atomic E-state index is 0.203. The Morgan fingerprint density at radius 1 is 1.31 bits per heavy atom. The van der Waals surface area contributed by atoms with Crippen LogP contribution in [0.3, 0.4) is 0 Å². The first-order chi connectivity index (χ1) is 7.29. The third-order valence-electron chi connectivity index (χ3n) is 2.24. The van der Waals surface area contributed by atoms with Crippen molar-refractivity contribution in [1.29, 1.82) is 0 Å². The molecule has 0 spiro atoms. The Hall–Kier alpha value is -0.0800. The molecule has 0 aromatic rings. The molecule has 0 bridgehead atoms. The number of thioether (sulfide) groups is 1.